The number of allylic oxidation sites excluding steroid dienone is 1. The third-order valence-electron chi connectivity index (χ3n) is 4.98. The summed E-state index contributed by atoms with van der Waals surface area (Å²) in [6.45, 7) is 10.9. The molecule has 0 aromatic heterocycles. The van der Waals surface area contributed by atoms with Gasteiger partial charge in [0.1, 0.15) is 5.75 Å². The number of ether oxygens (including phenoxy) is 1. The third kappa shape index (κ3) is 5.11. The largest absolute Gasteiger partial charge is 0.484 e. The van der Waals surface area contributed by atoms with Gasteiger partial charge in [-0.1, -0.05) is 34.1 Å². The fraction of sp³-hybridized carbons (Fsp3) is 0.333. The van der Waals surface area contributed by atoms with Crippen molar-refractivity contribution in [3.8, 4) is 5.75 Å². The molecule has 0 radical (unpaired) electrons. The summed E-state index contributed by atoms with van der Waals surface area (Å²) in [5.74, 6) is 0.311. The predicted octanol–water partition coefficient (Wildman–Crippen LogP) is 5.39. The summed E-state index contributed by atoms with van der Waals surface area (Å²) in [6, 6.07) is 14.0. The quantitative estimate of drug-likeness (QED) is 0.455. The average molecular weight is 470 g/mol. The monoisotopic (exact) mass is 469 g/mol. The number of anilines is 1. The summed E-state index contributed by atoms with van der Waals surface area (Å²) in [7, 11) is 0. The maximum absolute atomic E-state index is 12.0. The van der Waals surface area contributed by atoms with Gasteiger partial charge in [-0.2, -0.15) is 5.10 Å². The standard InChI is InChI=1S/C24H28BrN3O2/c1-16(2)28-22-10-9-18(11-21(22)17(3)13-24(28,4)5)14-26-27-23(29)15-30-20-8-6-7-19(25)12-20/h6-14,16H,15H2,1-5H3,(H,27,29)/b26-14-. The molecule has 0 atom stereocenters. The van der Waals surface area contributed by atoms with E-state index in [4.69, 9.17) is 4.74 Å². The van der Waals surface area contributed by atoms with E-state index in [1.165, 1.54) is 16.8 Å². The van der Waals surface area contributed by atoms with Crippen LogP contribution >= 0.6 is 15.9 Å². The lowest BCUT2D eigenvalue weighted by Gasteiger charge is -2.46. The molecule has 1 heterocycles. The van der Waals surface area contributed by atoms with Crippen molar-refractivity contribution < 1.29 is 9.53 Å². The Kier molecular flexibility index (Phi) is 6.66. The van der Waals surface area contributed by atoms with Gasteiger partial charge in [0.2, 0.25) is 0 Å². The van der Waals surface area contributed by atoms with Crippen molar-refractivity contribution >= 4 is 39.3 Å². The minimum atomic E-state index is -0.312. The van der Waals surface area contributed by atoms with Crippen LogP contribution < -0.4 is 15.1 Å². The fourth-order valence-corrected chi connectivity index (χ4v) is 4.39. The van der Waals surface area contributed by atoms with Crippen molar-refractivity contribution in [2.75, 3.05) is 11.5 Å². The number of halogens is 1. The Morgan fingerprint density at radius 2 is 2.03 bits per heavy atom. The molecule has 30 heavy (non-hydrogen) atoms. The fourth-order valence-electron chi connectivity index (χ4n) is 4.01. The molecule has 5 nitrogen and oxygen atoms in total. The zero-order valence-corrected chi connectivity index (χ0v) is 19.7. The number of benzene rings is 2. The summed E-state index contributed by atoms with van der Waals surface area (Å²) in [5.41, 5.74) is 7.06. The molecule has 3 rings (SSSR count). The number of hydrogen-bond donors (Lipinski definition) is 1. The van der Waals surface area contributed by atoms with Crippen LogP contribution in [-0.2, 0) is 4.79 Å². The first kappa shape index (κ1) is 22.1. The molecule has 0 fully saturated rings. The molecule has 0 saturated heterocycles. The van der Waals surface area contributed by atoms with Crippen molar-refractivity contribution in [2.24, 2.45) is 5.10 Å². The highest BCUT2D eigenvalue weighted by atomic mass is 79.9. The van der Waals surface area contributed by atoms with Gasteiger partial charge < -0.3 is 9.64 Å². The first-order valence-corrected chi connectivity index (χ1v) is 10.8. The van der Waals surface area contributed by atoms with Gasteiger partial charge in [0.25, 0.3) is 5.91 Å². The molecule has 0 aliphatic carbocycles. The van der Waals surface area contributed by atoms with E-state index in [0.717, 1.165) is 10.0 Å². The van der Waals surface area contributed by atoms with Gasteiger partial charge >= 0.3 is 0 Å². The first-order valence-electron chi connectivity index (χ1n) is 10.0. The molecule has 1 aliphatic rings. The molecule has 2 aromatic carbocycles. The Morgan fingerprint density at radius 1 is 1.27 bits per heavy atom. The highest BCUT2D eigenvalue weighted by Crippen LogP contribution is 2.40. The molecule has 1 N–H and O–H groups in total. The number of nitrogens with one attached hydrogen (secondary N) is 1. The van der Waals surface area contributed by atoms with Gasteiger partial charge in [-0.05, 0) is 76.1 Å². The number of amides is 1. The van der Waals surface area contributed by atoms with E-state index >= 15 is 0 Å². The van der Waals surface area contributed by atoms with Gasteiger partial charge in [0.15, 0.2) is 6.61 Å². The van der Waals surface area contributed by atoms with Crippen LogP contribution in [0.3, 0.4) is 0 Å². The Morgan fingerprint density at radius 3 is 2.73 bits per heavy atom. The zero-order chi connectivity index (χ0) is 21.9. The van der Waals surface area contributed by atoms with Gasteiger partial charge in [-0.25, -0.2) is 5.43 Å². The summed E-state index contributed by atoms with van der Waals surface area (Å²) in [4.78, 5) is 14.4. The molecule has 0 unspecified atom stereocenters. The maximum atomic E-state index is 12.0. The molecule has 158 valence electrons. The smallest absolute Gasteiger partial charge is 0.277 e. The van der Waals surface area contributed by atoms with E-state index in [0.29, 0.717) is 11.8 Å². The molecule has 1 aliphatic heterocycles. The van der Waals surface area contributed by atoms with Crippen molar-refractivity contribution in [1.82, 2.24) is 5.43 Å². The lowest BCUT2D eigenvalue weighted by atomic mass is 9.87. The summed E-state index contributed by atoms with van der Waals surface area (Å²) in [6.07, 6.45) is 3.96. The molecular weight excluding hydrogens is 442 g/mol. The van der Waals surface area contributed by atoms with Crippen molar-refractivity contribution in [3.63, 3.8) is 0 Å². The van der Waals surface area contributed by atoms with E-state index < -0.39 is 0 Å². The third-order valence-corrected chi connectivity index (χ3v) is 5.47. The number of carbonyl (C=O) groups is 1. The van der Waals surface area contributed by atoms with Crippen LogP contribution in [-0.4, -0.2) is 30.3 Å². The van der Waals surface area contributed by atoms with Gasteiger partial charge in [-0.3, -0.25) is 4.79 Å². The molecule has 0 saturated carbocycles. The molecule has 0 spiro atoms. The Hall–Kier alpha value is -2.60. The van der Waals surface area contributed by atoms with Crippen molar-refractivity contribution in [3.05, 3.63) is 64.1 Å². The number of hydrogen-bond acceptors (Lipinski definition) is 4. The number of rotatable bonds is 6. The normalized spacial score (nSPS) is 15.2. The number of nitrogens with zero attached hydrogens (tertiary/aromatic N) is 2. The Labute approximate surface area is 186 Å². The SMILES string of the molecule is CC1=CC(C)(C)N(C(C)C)c2ccc(/C=N\NC(=O)COc3cccc(Br)c3)cc21. The van der Waals surface area contributed by atoms with Crippen molar-refractivity contribution in [1.29, 1.82) is 0 Å². The minimum absolute atomic E-state index is 0.0385. The minimum Gasteiger partial charge on any atom is -0.484 e. The number of fused-ring (bicyclic) bond motifs is 1. The second-order valence-electron chi connectivity index (χ2n) is 8.26. The first-order chi connectivity index (χ1) is 14.2. The maximum Gasteiger partial charge on any atom is 0.277 e. The Balaban J connectivity index is 1.66. The summed E-state index contributed by atoms with van der Waals surface area (Å²) >= 11 is 3.37. The van der Waals surface area contributed by atoms with Crippen LogP contribution in [0.4, 0.5) is 5.69 Å². The van der Waals surface area contributed by atoms with Crippen LogP contribution in [0.5, 0.6) is 5.75 Å². The van der Waals surface area contributed by atoms with E-state index in [1.54, 1.807) is 18.3 Å². The van der Waals surface area contributed by atoms with Crippen LogP contribution in [0.15, 0.2) is 58.1 Å². The number of carbonyl (C=O) groups excluding carboxylic acids is 1. The van der Waals surface area contributed by atoms with Crippen LogP contribution in [0.25, 0.3) is 5.57 Å². The molecule has 2 aromatic rings. The van der Waals surface area contributed by atoms with Crippen LogP contribution in [0.1, 0.15) is 45.7 Å². The summed E-state index contributed by atoms with van der Waals surface area (Å²) < 4.78 is 6.36. The van der Waals surface area contributed by atoms with E-state index in [1.807, 2.05) is 18.2 Å². The average Bonchev–Trinajstić information content (AvgIpc) is 2.66. The van der Waals surface area contributed by atoms with E-state index in [9.17, 15) is 4.79 Å². The second kappa shape index (κ2) is 9.04. The second-order valence-corrected chi connectivity index (χ2v) is 9.18. The lowest BCUT2D eigenvalue weighted by molar-refractivity contribution is -0.123. The molecule has 1 amide bonds. The van der Waals surface area contributed by atoms with E-state index in [-0.39, 0.29) is 18.1 Å². The zero-order valence-electron chi connectivity index (χ0n) is 18.1. The molecule has 6 heteroatoms. The predicted molar refractivity (Wildman–Crippen MR) is 127 cm³/mol. The number of hydrazone groups is 1. The summed E-state index contributed by atoms with van der Waals surface area (Å²) in [5, 5.41) is 4.08. The van der Waals surface area contributed by atoms with Crippen LogP contribution in [0.2, 0.25) is 0 Å². The van der Waals surface area contributed by atoms with Gasteiger partial charge in [0, 0.05) is 21.8 Å². The van der Waals surface area contributed by atoms with Crippen LogP contribution in [0, 0.1) is 0 Å². The Bertz CT molecular complexity index is 996. The molecule has 0 bridgehead atoms. The van der Waals surface area contributed by atoms with Crippen molar-refractivity contribution in [2.45, 2.75) is 46.2 Å². The topological polar surface area (TPSA) is 53.9 Å². The van der Waals surface area contributed by atoms with Gasteiger partial charge in [0.05, 0.1) is 11.8 Å². The molecular formula is C24H28BrN3O2. The van der Waals surface area contributed by atoms with E-state index in [2.05, 4.69) is 84.2 Å². The lowest BCUT2D eigenvalue weighted by Crippen LogP contribution is -2.49. The van der Waals surface area contributed by atoms with Gasteiger partial charge in [-0.15, -0.1) is 0 Å². The highest BCUT2D eigenvalue weighted by molar-refractivity contribution is 9.10. The highest BCUT2D eigenvalue weighted by Gasteiger charge is 2.32.